The topological polar surface area (TPSA) is 72.9 Å². The number of allylic oxidation sites excluding steroid dienone is 1. The third-order valence-electron chi connectivity index (χ3n) is 4.02. The zero-order chi connectivity index (χ0) is 19.4. The minimum absolute atomic E-state index is 0.0237. The molecule has 0 fully saturated rings. The molecule has 0 aliphatic rings. The highest BCUT2D eigenvalue weighted by molar-refractivity contribution is 7.83. The van der Waals surface area contributed by atoms with E-state index in [-0.39, 0.29) is 35.8 Å². The lowest BCUT2D eigenvalue weighted by Gasteiger charge is -2.09. The fourth-order valence-corrected chi connectivity index (χ4v) is 3.28. The number of aromatic nitrogens is 2. The Hall–Kier alpha value is -1.97. The Kier molecular flexibility index (Phi) is 6.74. The lowest BCUT2D eigenvalue weighted by molar-refractivity contribution is 0.544. The molecule has 142 valence electrons. The number of rotatable bonds is 7. The zero-order valence-electron chi connectivity index (χ0n) is 14.8. The third kappa shape index (κ3) is 4.40. The number of hydrogen-bond donors (Lipinski definition) is 2. The van der Waals surface area contributed by atoms with Crippen LogP contribution in [0.4, 0.5) is 13.2 Å². The molecule has 0 amide bonds. The number of halogens is 3. The summed E-state index contributed by atoms with van der Waals surface area (Å²) in [7, 11) is -0.439. The minimum atomic E-state index is -1.83. The number of nitrogens with one attached hydrogen (secondary N) is 1. The molecule has 26 heavy (non-hydrogen) atoms. The second-order valence-corrected chi connectivity index (χ2v) is 7.10. The second kappa shape index (κ2) is 8.61. The van der Waals surface area contributed by atoms with Crippen molar-refractivity contribution in [3.63, 3.8) is 0 Å². The average Bonchev–Trinajstić information content (AvgIpc) is 2.85. The normalized spacial score (nSPS) is 13.3. The maximum atomic E-state index is 14.3. The van der Waals surface area contributed by atoms with E-state index in [1.807, 2.05) is 0 Å². The van der Waals surface area contributed by atoms with Crippen LogP contribution in [0.5, 0.6) is 0 Å². The highest BCUT2D eigenvalue weighted by atomic mass is 32.2. The molecule has 5 nitrogen and oxygen atoms in total. The first-order valence-corrected chi connectivity index (χ1v) is 9.08. The molecule has 0 spiro atoms. The van der Waals surface area contributed by atoms with Crippen molar-refractivity contribution in [3.8, 4) is 0 Å². The van der Waals surface area contributed by atoms with Gasteiger partial charge in [0.25, 0.3) is 0 Å². The van der Waals surface area contributed by atoms with Gasteiger partial charge in [-0.25, -0.2) is 22.1 Å². The zero-order valence-corrected chi connectivity index (χ0v) is 15.6. The van der Waals surface area contributed by atoms with Gasteiger partial charge in [-0.05, 0) is 39.1 Å². The molecule has 1 unspecified atom stereocenters. The van der Waals surface area contributed by atoms with Crippen molar-refractivity contribution in [1.29, 1.82) is 0 Å². The van der Waals surface area contributed by atoms with Crippen LogP contribution < -0.4 is 10.5 Å². The standard InChI is InChI=1S/C17H21F3N4OS/c1-10-14(7-13(18)4-5-21)11(2)24(23-10)9-12-6-16(20)17(8-15(12)19)26(25)22-3/h4,6,8,22H,5,7,9,21H2,1-3H3/b13-4-. The van der Waals surface area contributed by atoms with Gasteiger partial charge in [0.1, 0.15) is 28.4 Å². The van der Waals surface area contributed by atoms with E-state index >= 15 is 0 Å². The molecule has 0 aliphatic carbocycles. The van der Waals surface area contributed by atoms with Crippen LogP contribution in [0.2, 0.25) is 0 Å². The van der Waals surface area contributed by atoms with E-state index in [0.717, 1.165) is 12.1 Å². The van der Waals surface area contributed by atoms with Gasteiger partial charge in [-0.1, -0.05) is 0 Å². The smallest absolute Gasteiger partial charge is 0.141 e. The Bertz CT molecular complexity index is 864. The van der Waals surface area contributed by atoms with Crippen LogP contribution in [0.25, 0.3) is 0 Å². The summed E-state index contributed by atoms with van der Waals surface area (Å²) in [5.41, 5.74) is 7.31. The molecule has 1 heterocycles. The molecule has 0 radical (unpaired) electrons. The molecule has 0 aliphatic heterocycles. The predicted molar refractivity (Wildman–Crippen MR) is 94.6 cm³/mol. The van der Waals surface area contributed by atoms with Gasteiger partial charge in [-0.15, -0.1) is 0 Å². The lowest BCUT2D eigenvalue weighted by atomic mass is 10.1. The van der Waals surface area contributed by atoms with Crippen molar-refractivity contribution < 1.29 is 17.4 Å². The molecule has 2 aromatic rings. The van der Waals surface area contributed by atoms with Gasteiger partial charge in [0.05, 0.1) is 17.1 Å². The number of hydrogen-bond acceptors (Lipinski definition) is 3. The van der Waals surface area contributed by atoms with Crippen LogP contribution in [-0.4, -0.2) is 27.6 Å². The van der Waals surface area contributed by atoms with Crippen molar-refractivity contribution in [2.24, 2.45) is 5.73 Å². The first-order valence-electron chi connectivity index (χ1n) is 7.93. The van der Waals surface area contributed by atoms with E-state index in [1.165, 1.54) is 17.8 Å². The Morgan fingerprint density at radius 1 is 1.35 bits per heavy atom. The van der Waals surface area contributed by atoms with Crippen LogP contribution >= 0.6 is 0 Å². The number of benzene rings is 1. The van der Waals surface area contributed by atoms with Crippen LogP contribution in [0.15, 0.2) is 28.9 Å². The highest BCUT2D eigenvalue weighted by Gasteiger charge is 2.18. The quantitative estimate of drug-likeness (QED) is 0.768. The highest BCUT2D eigenvalue weighted by Crippen LogP contribution is 2.22. The molecular weight excluding hydrogens is 365 g/mol. The van der Waals surface area contributed by atoms with E-state index in [2.05, 4.69) is 9.82 Å². The van der Waals surface area contributed by atoms with Crippen molar-refractivity contribution in [3.05, 3.63) is 58.2 Å². The van der Waals surface area contributed by atoms with Crippen LogP contribution in [0.1, 0.15) is 22.5 Å². The van der Waals surface area contributed by atoms with Crippen LogP contribution in [-0.2, 0) is 24.0 Å². The summed E-state index contributed by atoms with van der Waals surface area (Å²) in [5.74, 6) is -1.82. The fraction of sp³-hybridized carbons (Fsp3) is 0.353. The predicted octanol–water partition coefficient (Wildman–Crippen LogP) is 2.42. The van der Waals surface area contributed by atoms with Gasteiger partial charge in [-0.2, -0.15) is 5.10 Å². The summed E-state index contributed by atoms with van der Waals surface area (Å²) in [4.78, 5) is -0.253. The van der Waals surface area contributed by atoms with Gasteiger partial charge in [0.2, 0.25) is 0 Å². The summed E-state index contributed by atoms with van der Waals surface area (Å²) in [5, 5.41) is 4.29. The summed E-state index contributed by atoms with van der Waals surface area (Å²) in [6.45, 7) is 3.54. The summed E-state index contributed by atoms with van der Waals surface area (Å²) >= 11 is 0. The SMILES string of the molecule is CNS(=O)c1cc(F)c(Cn2nc(C)c(C/C(F)=C/CN)c2C)cc1F. The monoisotopic (exact) mass is 386 g/mol. The number of nitrogens with two attached hydrogens (primary N) is 1. The van der Waals surface area contributed by atoms with Crippen molar-refractivity contribution in [2.45, 2.75) is 31.7 Å². The first-order chi connectivity index (χ1) is 12.3. The molecule has 0 saturated carbocycles. The van der Waals surface area contributed by atoms with Crippen LogP contribution in [0.3, 0.4) is 0 Å². The van der Waals surface area contributed by atoms with Gasteiger partial charge < -0.3 is 5.73 Å². The largest absolute Gasteiger partial charge is 0.327 e. The Balaban J connectivity index is 2.33. The molecule has 0 bridgehead atoms. The summed E-state index contributed by atoms with van der Waals surface area (Å²) in [6.07, 6.45) is 1.33. The summed E-state index contributed by atoms with van der Waals surface area (Å²) in [6, 6.07) is 1.92. The molecule has 0 saturated heterocycles. The second-order valence-electron chi connectivity index (χ2n) is 5.72. The van der Waals surface area contributed by atoms with Gasteiger partial charge in [0.15, 0.2) is 0 Å². The third-order valence-corrected chi connectivity index (χ3v) is 5.11. The van der Waals surface area contributed by atoms with Gasteiger partial charge in [-0.3, -0.25) is 4.68 Å². The summed E-state index contributed by atoms with van der Waals surface area (Å²) < 4.78 is 57.7. The lowest BCUT2D eigenvalue weighted by Crippen LogP contribution is -2.14. The van der Waals surface area contributed by atoms with E-state index in [1.54, 1.807) is 13.8 Å². The van der Waals surface area contributed by atoms with Gasteiger partial charge >= 0.3 is 0 Å². The fourth-order valence-electron chi connectivity index (χ4n) is 2.62. The molecule has 9 heteroatoms. The van der Waals surface area contributed by atoms with E-state index in [9.17, 15) is 17.4 Å². The Morgan fingerprint density at radius 3 is 2.65 bits per heavy atom. The van der Waals surface area contributed by atoms with Gasteiger partial charge in [0, 0.05) is 29.8 Å². The Morgan fingerprint density at radius 2 is 2.04 bits per heavy atom. The first kappa shape index (κ1) is 20.3. The minimum Gasteiger partial charge on any atom is -0.327 e. The molecule has 3 N–H and O–H groups in total. The van der Waals surface area contributed by atoms with E-state index in [4.69, 9.17) is 5.73 Å². The maximum Gasteiger partial charge on any atom is 0.141 e. The number of nitrogens with zero attached hydrogens (tertiary/aromatic N) is 2. The molecular formula is C17H21F3N4OS. The van der Waals surface area contributed by atoms with Crippen molar-refractivity contribution in [2.75, 3.05) is 13.6 Å². The Labute approximate surface area is 152 Å². The number of aryl methyl sites for hydroxylation is 1. The van der Waals surface area contributed by atoms with Crippen LogP contribution in [0, 0.1) is 25.5 Å². The molecule has 2 rings (SSSR count). The van der Waals surface area contributed by atoms with Crippen molar-refractivity contribution in [1.82, 2.24) is 14.5 Å². The molecule has 1 aromatic carbocycles. The maximum absolute atomic E-state index is 14.3. The average molecular weight is 386 g/mol. The molecule has 1 aromatic heterocycles. The molecule has 1 atom stereocenters. The van der Waals surface area contributed by atoms with E-state index < -0.39 is 22.6 Å². The van der Waals surface area contributed by atoms with Crippen molar-refractivity contribution >= 4 is 11.0 Å². The van der Waals surface area contributed by atoms with E-state index in [0.29, 0.717) is 17.0 Å².